The van der Waals surface area contributed by atoms with Crippen LogP contribution in [0.5, 0.6) is 0 Å². The van der Waals surface area contributed by atoms with E-state index in [1.165, 1.54) is 12.1 Å². The normalized spacial score (nSPS) is 18.9. The third-order valence-electron chi connectivity index (χ3n) is 3.61. The zero-order valence-electron chi connectivity index (χ0n) is 10.7. The van der Waals surface area contributed by atoms with Crippen molar-refractivity contribution in [2.45, 2.75) is 31.7 Å². The summed E-state index contributed by atoms with van der Waals surface area (Å²) in [6, 6.07) is 4.14. The predicted molar refractivity (Wildman–Crippen MR) is 68.5 cm³/mol. The van der Waals surface area contributed by atoms with E-state index < -0.39 is 11.6 Å². The van der Waals surface area contributed by atoms with Gasteiger partial charge in [0.05, 0.1) is 0 Å². The van der Waals surface area contributed by atoms with Crippen LogP contribution in [0.1, 0.15) is 24.8 Å². The summed E-state index contributed by atoms with van der Waals surface area (Å²) in [4.78, 5) is 13.8. The number of nitrogens with two attached hydrogens (primary N) is 1. The van der Waals surface area contributed by atoms with Gasteiger partial charge in [-0.2, -0.15) is 0 Å². The molecule has 0 bridgehead atoms. The molecule has 3 nitrogen and oxygen atoms in total. The molecule has 1 heterocycles. The number of hydrogen-bond acceptors (Lipinski definition) is 2. The maximum atomic E-state index is 13.5. The summed E-state index contributed by atoms with van der Waals surface area (Å²) < 4.78 is 26.5. The van der Waals surface area contributed by atoms with Crippen molar-refractivity contribution < 1.29 is 13.6 Å². The first-order chi connectivity index (χ1) is 9.13. The molecule has 2 rings (SSSR count). The van der Waals surface area contributed by atoms with Gasteiger partial charge in [-0.3, -0.25) is 4.79 Å². The maximum Gasteiger partial charge on any atom is 0.223 e. The fraction of sp³-hybridized carbons (Fsp3) is 0.500. The number of likely N-dealkylation sites (tertiary alicyclic amines) is 1. The molecular weight excluding hydrogens is 250 g/mol. The van der Waals surface area contributed by atoms with Crippen molar-refractivity contribution in [3.05, 3.63) is 35.4 Å². The summed E-state index contributed by atoms with van der Waals surface area (Å²) >= 11 is 0. The summed E-state index contributed by atoms with van der Waals surface area (Å²) in [5, 5.41) is 0. The molecule has 1 aliphatic heterocycles. The Balaban J connectivity index is 1.95. The first kappa shape index (κ1) is 13.9. The number of carbonyl (C=O) groups is 1. The van der Waals surface area contributed by atoms with E-state index in [9.17, 15) is 13.6 Å². The number of amides is 1. The van der Waals surface area contributed by atoms with Crippen molar-refractivity contribution >= 4 is 5.91 Å². The highest BCUT2D eigenvalue weighted by atomic mass is 19.2. The fourth-order valence-electron chi connectivity index (χ4n) is 2.54. The van der Waals surface area contributed by atoms with Gasteiger partial charge in [-0.15, -0.1) is 0 Å². The van der Waals surface area contributed by atoms with Gasteiger partial charge in [-0.25, -0.2) is 8.78 Å². The topological polar surface area (TPSA) is 46.3 Å². The van der Waals surface area contributed by atoms with Crippen molar-refractivity contribution in [2.75, 3.05) is 13.1 Å². The number of hydrogen-bond donors (Lipinski definition) is 1. The molecule has 1 aliphatic rings. The van der Waals surface area contributed by atoms with Crippen molar-refractivity contribution in [1.82, 2.24) is 4.90 Å². The third kappa shape index (κ3) is 3.10. The highest BCUT2D eigenvalue weighted by Gasteiger charge is 2.27. The molecule has 19 heavy (non-hydrogen) atoms. The van der Waals surface area contributed by atoms with Crippen molar-refractivity contribution in [3.8, 4) is 0 Å². The minimum atomic E-state index is -0.869. The molecule has 0 saturated carbocycles. The first-order valence-corrected chi connectivity index (χ1v) is 6.56. The number of rotatable bonds is 4. The van der Waals surface area contributed by atoms with E-state index in [0.29, 0.717) is 13.1 Å². The first-order valence-electron chi connectivity index (χ1n) is 6.56. The van der Waals surface area contributed by atoms with Crippen LogP contribution in [0.25, 0.3) is 0 Å². The average Bonchev–Trinajstić information content (AvgIpc) is 2.88. The molecule has 0 aromatic heterocycles. The summed E-state index contributed by atoms with van der Waals surface area (Å²) in [6.45, 7) is 1.17. The molecule has 1 aromatic carbocycles. The largest absolute Gasteiger partial charge is 0.338 e. The van der Waals surface area contributed by atoms with Crippen molar-refractivity contribution in [3.63, 3.8) is 0 Å². The van der Waals surface area contributed by atoms with E-state index in [-0.39, 0.29) is 30.4 Å². The van der Waals surface area contributed by atoms with E-state index in [4.69, 9.17) is 5.73 Å². The van der Waals surface area contributed by atoms with Crippen LogP contribution in [-0.4, -0.2) is 29.9 Å². The van der Waals surface area contributed by atoms with E-state index in [1.807, 2.05) is 0 Å². The summed E-state index contributed by atoms with van der Waals surface area (Å²) in [6.07, 6.45) is 2.30. The van der Waals surface area contributed by atoms with E-state index in [0.717, 1.165) is 18.9 Å². The molecule has 1 fully saturated rings. The van der Waals surface area contributed by atoms with Crippen LogP contribution >= 0.6 is 0 Å². The van der Waals surface area contributed by atoms with Gasteiger partial charge in [-0.1, -0.05) is 12.1 Å². The lowest BCUT2D eigenvalue weighted by Gasteiger charge is -2.23. The van der Waals surface area contributed by atoms with Gasteiger partial charge in [0.25, 0.3) is 0 Å². The van der Waals surface area contributed by atoms with Crippen LogP contribution in [-0.2, 0) is 11.2 Å². The molecule has 1 atom stereocenters. The summed E-state index contributed by atoms with van der Waals surface area (Å²) in [7, 11) is 0. The number of carbonyl (C=O) groups excluding carboxylic acids is 1. The lowest BCUT2D eigenvalue weighted by Crippen LogP contribution is -2.40. The zero-order chi connectivity index (χ0) is 13.8. The number of aryl methyl sites for hydroxylation is 1. The van der Waals surface area contributed by atoms with Gasteiger partial charge >= 0.3 is 0 Å². The average molecular weight is 268 g/mol. The highest BCUT2D eigenvalue weighted by molar-refractivity contribution is 5.77. The molecular formula is C14H18F2N2O. The Bertz CT molecular complexity index is 465. The van der Waals surface area contributed by atoms with Crippen molar-refractivity contribution in [2.24, 2.45) is 5.73 Å². The van der Waals surface area contributed by atoms with Gasteiger partial charge in [0, 0.05) is 25.6 Å². The second-order valence-electron chi connectivity index (χ2n) is 4.83. The number of halogens is 2. The third-order valence-corrected chi connectivity index (χ3v) is 3.61. The Morgan fingerprint density at radius 1 is 1.42 bits per heavy atom. The zero-order valence-corrected chi connectivity index (χ0v) is 10.7. The summed E-state index contributed by atoms with van der Waals surface area (Å²) in [5.41, 5.74) is 5.86. The minimum Gasteiger partial charge on any atom is -0.338 e. The Morgan fingerprint density at radius 3 is 2.95 bits per heavy atom. The second-order valence-corrected chi connectivity index (χ2v) is 4.83. The van der Waals surface area contributed by atoms with Gasteiger partial charge in [-0.05, 0) is 30.9 Å². The molecule has 0 radical (unpaired) electrons. The van der Waals surface area contributed by atoms with E-state index >= 15 is 0 Å². The van der Waals surface area contributed by atoms with E-state index in [1.54, 1.807) is 4.90 Å². The summed E-state index contributed by atoms with van der Waals surface area (Å²) in [5.74, 6) is -1.75. The second kappa shape index (κ2) is 6.10. The Morgan fingerprint density at radius 2 is 2.21 bits per heavy atom. The quantitative estimate of drug-likeness (QED) is 0.905. The monoisotopic (exact) mass is 268 g/mol. The van der Waals surface area contributed by atoms with Crippen LogP contribution in [0.15, 0.2) is 18.2 Å². The van der Waals surface area contributed by atoms with Crippen LogP contribution < -0.4 is 5.73 Å². The van der Waals surface area contributed by atoms with Crippen LogP contribution in [0.4, 0.5) is 8.78 Å². The van der Waals surface area contributed by atoms with Crippen LogP contribution in [0.3, 0.4) is 0 Å². The lowest BCUT2D eigenvalue weighted by molar-refractivity contribution is -0.131. The van der Waals surface area contributed by atoms with Gasteiger partial charge < -0.3 is 10.6 Å². The molecule has 1 saturated heterocycles. The standard InChI is InChI=1S/C14H18F2N2O/c15-12-5-1-3-10(14(12)16)6-7-13(19)18-8-2-4-11(18)9-17/h1,3,5,11H,2,4,6-9,17H2. The Labute approximate surface area is 111 Å². The number of benzene rings is 1. The minimum absolute atomic E-state index is 0.0309. The molecule has 2 N–H and O–H groups in total. The van der Waals surface area contributed by atoms with Gasteiger partial charge in [0.15, 0.2) is 11.6 Å². The molecule has 5 heteroatoms. The molecule has 0 aliphatic carbocycles. The number of nitrogens with zero attached hydrogens (tertiary/aromatic N) is 1. The Hall–Kier alpha value is -1.49. The SMILES string of the molecule is NCC1CCCN1C(=O)CCc1cccc(F)c1F. The molecule has 1 aromatic rings. The predicted octanol–water partition coefficient (Wildman–Crippen LogP) is 1.85. The fourth-order valence-corrected chi connectivity index (χ4v) is 2.54. The smallest absolute Gasteiger partial charge is 0.223 e. The molecule has 0 spiro atoms. The Kier molecular flexibility index (Phi) is 4.47. The maximum absolute atomic E-state index is 13.5. The van der Waals surface area contributed by atoms with E-state index in [2.05, 4.69) is 0 Å². The van der Waals surface area contributed by atoms with Crippen LogP contribution in [0.2, 0.25) is 0 Å². The highest BCUT2D eigenvalue weighted by Crippen LogP contribution is 2.19. The molecule has 1 unspecified atom stereocenters. The van der Waals surface area contributed by atoms with Gasteiger partial charge in [0.1, 0.15) is 0 Å². The molecule has 1 amide bonds. The van der Waals surface area contributed by atoms with Crippen LogP contribution in [0, 0.1) is 11.6 Å². The lowest BCUT2D eigenvalue weighted by atomic mass is 10.1. The molecule has 104 valence electrons. The van der Waals surface area contributed by atoms with Crippen molar-refractivity contribution in [1.29, 1.82) is 0 Å². The van der Waals surface area contributed by atoms with Gasteiger partial charge in [0.2, 0.25) is 5.91 Å².